The number of hydrogen-bond acceptors (Lipinski definition) is 3. The summed E-state index contributed by atoms with van der Waals surface area (Å²) in [6.45, 7) is 6.64. The minimum absolute atomic E-state index is 0.212. The highest BCUT2D eigenvalue weighted by Gasteiger charge is 2.17. The average Bonchev–Trinajstić information content (AvgIpc) is 2.59. The normalized spacial score (nSPS) is 11.7. The summed E-state index contributed by atoms with van der Waals surface area (Å²) in [5.74, 6) is 0.730. The zero-order valence-electron chi connectivity index (χ0n) is 14.8. The lowest BCUT2D eigenvalue weighted by Crippen LogP contribution is -2.39. The Labute approximate surface area is 148 Å². The van der Waals surface area contributed by atoms with E-state index in [1.165, 1.54) is 29.8 Å². The van der Waals surface area contributed by atoms with E-state index in [-0.39, 0.29) is 11.7 Å². The van der Waals surface area contributed by atoms with E-state index in [9.17, 15) is 9.18 Å². The van der Waals surface area contributed by atoms with Gasteiger partial charge in [-0.3, -0.25) is 4.79 Å². The minimum Gasteiger partial charge on any atom is -0.491 e. The maximum atomic E-state index is 12.9. The van der Waals surface area contributed by atoms with E-state index in [1.807, 2.05) is 32.9 Å². The topological polar surface area (TPSA) is 47.6 Å². The number of rotatable bonds is 8. The zero-order chi connectivity index (χ0) is 18.2. The monoisotopic (exact) mass is 345 g/mol. The highest BCUT2D eigenvalue weighted by atomic mass is 19.1. The van der Waals surface area contributed by atoms with E-state index in [4.69, 9.17) is 9.47 Å². The molecule has 2 aromatic rings. The molecular formula is C20H24FNO3. The molecule has 0 aliphatic carbocycles. The Kier molecular flexibility index (Phi) is 6.81. The first-order valence-corrected chi connectivity index (χ1v) is 8.39. The highest BCUT2D eigenvalue weighted by molar-refractivity contribution is 5.81. The number of hydrogen-bond donors (Lipinski definition) is 1. The summed E-state index contributed by atoms with van der Waals surface area (Å²) in [5.41, 5.74) is 2.25. The molecule has 4 nitrogen and oxygen atoms in total. The van der Waals surface area contributed by atoms with Gasteiger partial charge in [0.1, 0.15) is 23.9 Å². The molecule has 0 radical (unpaired) electrons. The van der Waals surface area contributed by atoms with Gasteiger partial charge in [-0.05, 0) is 56.2 Å². The maximum Gasteiger partial charge on any atom is 0.261 e. The molecule has 1 N–H and O–H groups in total. The fourth-order valence-electron chi connectivity index (χ4n) is 2.41. The zero-order valence-corrected chi connectivity index (χ0v) is 14.8. The lowest BCUT2D eigenvalue weighted by atomic mass is 10.1. The Morgan fingerprint density at radius 1 is 1.16 bits per heavy atom. The molecule has 2 aromatic carbocycles. The molecule has 1 atom stereocenters. The van der Waals surface area contributed by atoms with Gasteiger partial charge in [0.15, 0.2) is 6.10 Å². The lowest BCUT2D eigenvalue weighted by Gasteiger charge is -2.17. The van der Waals surface area contributed by atoms with Gasteiger partial charge in [0.05, 0.1) is 6.54 Å². The number of ether oxygens (including phenoxy) is 2. The number of nitrogens with one attached hydrogen (secondary N) is 1. The average molecular weight is 345 g/mol. The number of carbonyl (C=O) groups excluding carboxylic acids is 1. The number of carbonyl (C=O) groups is 1. The molecule has 0 saturated heterocycles. The van der Waals surface area contributed by atoms with Crippen LogP contribution in [0.15, 0.2) is 42.5 Å². The highest BCUT2D eigenvalue weighted by Crippen LogP contribution is 2.18. The van der Waals surface area contributed by atoms with E-state index >= 15 is 0 Å². The summed E-state index contributed by atoms with van der Waals surface area (Å²) in [7, 11) is 0. The minimum atomic E-state index is -0.619. The van der Waals surface area contributed by atoms with Gasteiger partial charge in [-0.2, -0.15) is 0 Å². The predicted octanol–water partition coefficient (Wildman–Crippen LogP) is 3.80. The standard InChI is InChI=1S/C20H24FNO3/c1-4-18(25-17-8-6-16(21)7-9-17)20(23)22-11-12-24-19-10-5-14(2)13-15(19)3/h5-10,13,18H,4,11-12H2,1-3H3,(H,22,23). The first kappa shape index (κ1) is 18.8. The largest absolute Gasteiger partial charge is 0.491 e. The van der Waals surface area contributed by atoms with Crippen LogP contribution in [0, 0.1) is 19.7 Å². The molecule has 0 bridgehead atoms. The van der Waals surface area contributed by atoms with Crippen molar-refractivity contribution in [2.24, 2.45) is 0 Å². The molecule has 0 heterocycles. The Balaban J connectivity index is 1.78. The van der Waals surface area contributed by atoms with Gasteiger partial charge in [-0.1, -0.05) is 24.6 Å². The third-order valence-corrected chi connectivity index (χ3v) is 3.74. The molecular weight excluding hydrogens is 321 g/mol. The van der Waals surface area contributed by atoms with E-state index in [2.05, 4.69) is 11.4 Å². The van der Waals surface area contributed by atoms with Crippen LogP contribution in [-0.2, 0) is 4.79 Å². The fourth-order valence-corrected chi connectivity index (χ4v) is 2.41. The van der Waals surface area contributed by atoms with Gasteiger partial charge in [0.2, 0.25) is 0 Å². The Hall–Kier alpha value is -2.56. The Morgan fingerprint density at radius 3 is 2.52 bits per heavy atom. The van der Waals surface area contributed by atoms with Gasteiger partial charge in [-0.15, -0.1) is 0 Å². The molecule has 0 aliphatic rings. The van der Waals surface area contributed by atoms with E-state index in [1.54, 1.807) is 0 Å². The molecule has 25 heavy (non-hydrogen) atoms. The summed E-state index contributed by atoms with van der Waals surface area (Å²) in [4.78, 5) is 12.2. The molecule has 0 aliphatic heterocycles. The Bertz CT molecular complexity index is 701. The lowest BCUT2D eigenvalue weighted by molar-refractivity contribution is -0.128. The van der Waals surface area contributed by atoms with Crippen LogP contribution in [0.5, 0.6) is 11.5 Å². The van der Waals surface area contributed by atoms with E-state index in [0.29, 0.717) is 25.3 Å². The number of amides is 1. The van der Waals surface area contributed by atoms with Gasteiger partial charge in [0.25, 0.3) is 5.91 Å². The molecule has 0 saturated carbocycles. The van der Waals surface area contributed by atoms with Gasteiger partial charge in [-0.25, -0.2) is 4.39 Å². The summed E-state index contributed by atoms with van der Waals surface area (Å²) in [6.07, 6.45) is -0.104. The number of halogens is 1. The van der Waals surface area contributed by atoms with Gasteiger partial charge in [0, 0.05) is 0 Å². The predicted molar refractivity (Wildman–Crippen MR) is 95.5 cm³/mol. The molecule has 2 rings (SSSR count). The SMILES string of the molecule is CCC(Oc1ccc(F)cc1)C(=O)NCCOc1ccc(C)cc1C. The first-order valence-electron chi connectivity index (χ1n) is 8.39. The van der Waals surface area contributed by atoms with Crippen LogP contribution in [0.4, 0.5) is 4.39 Å². The molecule has 1 amide bonds. The van der Waals surface area contributed by atoms with Crippen LogP contribution in [-0.4, -0.2) is 25.2 Å². The maximum absolute atomic E-state index is 12.9. The van der Waals surface area contributed by atoms with Crippen LogP contribution >= 0.6 is 0 Å². The van der Waals surface area contributed by atoms with Crippen LogP contribution in [0.1, 0.15) is 24.5 Å². The molecule has 0 spiro atoms. The molecule has 1 unspecified atom stereocenters. The van der Waals surface area contributed by atoms with Crippen molar-refractivity contribution in [3.8, 4) is 11.5 Å². The van der Waals surface area contributed by atoms with Gasteiger partial charge >= 0.3 is 0 Å². The second-order valence-electron chi connectivity index (χ2n) is 5.88. The second-order valence-corrected chi connectivity index (χ2v) is 5.88. The molecule has 0 aromatic heterocycles. The van der Waals surface area contributed by atoms with Crippen molar-refractivity contribution in [2.75, 3.05) is 13.2 Å². The quantitative estimate of drug-likeness (QED) is 0.741. The van der Waals surface area contributed by atoms with Crippen molar-refractivity contribution in [2.45, 2.75) is 33.3 Å². The summed E-state index contributed by atoms with van der Waals surface area (Å²) >= 11 is 0. The van der Waals surface area contributed by atoms with E-state index in [0.717, 1.165) is 11.3 Å². The molecule has 0 fully saturated rings. The molecule has 134 valence electrons. The van der Waals surface area contributed by atoms with Crippen LogP contribution < -0.4 is 14.8 Å². The van der Waals surface area contributed by atoms with Crippen molar-refractivity contribution in [1.82, 2.24) is 5.32 Å². The van der Waals surface area contributed by atoms with Crippen LogP contribution in [0.25, 0.3) is 0 Å². The van der Waals surface area contributed by atoms with Crippen LogP contribution in [0.2, 0.25) is 0 Å². The van der Waals surface area contributed by atoms with Crippen molar-refractivity contribution in [3.63, 3.8) is 0 Å². The van der Waals surface area contributed by atoms with Crippen LogP contribution in [0.3, 0.4) is 0 Å². The molecule has 5 heteroatoms. The van der Waals surface area contributed by atoms with Crippen molar-refractivity contribution in [1.29, 1.82) is 0 Å². The van der Waals surface area contributed by atoms with Crippen molar-refractivity contribution < 1.29 is 18.7 Å². The second kappa shape index (κ2) is 9.06. The summed E-state index contributed by atoms with van der Waals surface area (Å²) in [6, 6.07) is 11.6. The third-order valence-electron chi connectivity index (χ3n) is 3.74. The van der Waals surface area contributed by atoms with Crippen molar-refractivity contribution >= 4 is 5.91 Å². The fraction of sp³-hybridized carbons (Fsp3) is 0.350. The Morgan fingerprint density at radius 2 is 1.88 bits per heavy atom. The summed E-state index contributed by atoms with van der Waals surface area (Å²) in [5, 5.41) is 2.80. The number of benzene rings is 2. The smallest absolute Gasteiger partial charge is 0.261 e. The third kappa shape index (κ3) is 5.78. The van der Waals surface area contributed by atoms with Crippen molar-refractivity contribution in [3.05, 3.63) is 59.4 Å². The summed E-state index contributed by atoms with van der Waals surface area (Å²) < 4.78 is 24.2. The first-order chi connectivity index (χ1) is 12.0. The number of aryl methyl sites for hydroxylation is 2. The van der Waals surface area contributed by atoms with E-state index < -0.39 is 6.10 Å². The van der Waals surface area contributed by atoms with Gasteiger partial charge < -0.3 is 14.8 Å².